The van der Waals surface area contributed by atoms with Gasteiger partial charge in [0, 0.05) is 13.0 Å². The summed E-state index contributed by atoms with van der Waals surface area (Å²) in [5.41, 5.74) is 0. The minimum atomic E-state index is 0.917. The Morgan fingerprint density at radius 1 is 1.50 bits per heavy atom. The molecule has 1 rings (SSSR count). The molecule has 0 radical (unpaired) electrons. The van der Waals surface area contributed by atoms with E-state index in [9.17, 15) is 0 Å². The van der Waals surface area contributed by atoms with Crippen molar-refractivity contribution in [2.24, 2.45) is 0 Å². The zero-order valence-electron chi connectivity index (χ0n) is 5.06. The highest BCUT2D eigenvalue weighted by Crippen LogP contribution is 2.04. The summed E-state index contributed by atoms with van der Waals surface area (Å²) in [4.78, 5) is 2.37. The van der Waals surface area contributed by atoms with E-state index in [-0.39, 0.29) is 0 Å². The van der Waals surface area contributed by atoms with Crippen LogP contribution in [0.15, 0.2) is 0 Å². The van der Waals surface area contributed by atoms with Gasteiger partial charge in [-0.25, -0.2) is 0 Å². The quantitative estimate of drug-likeness (QED) is 0.472. The van der Waals surface area contributed by atoms with Gasteiger partial charge >= 0.3 is 0 Å². The van der Waals surface area contributed by atoms with Gasteiger partial charge in [-0.2, -0.15) is 0 Å². The van der Waals surface area contributed by atoms with Gasteiger partial charge in [0.1, 0.15) is 0 Å². The summed E-state index contributed by atoms with van der Waals surface area (Å²) in [6.45, 7) is 3.64. The molecule has 1 heteroatoms. The molecule has 0 N–H and O–H groups in total. The van der Waals surface area contributed by atoms with Crippen molar-refractivity contribution in [3.8, 4) is 12.3 Å². The Labute approximate surface area is 50.7 Å². The average Bonchev–Trinajstić information content (AvgIpc) is 1.63. The molecule has 8 heavy (non-hydrogen) atoms. The molecular weight excluding hydrogens is 98.1 g/mol. The van der Waals surface area contributed by atoms with E-state index < -0.39 is 0 Å². The topological polar surface area (TPSA) is 3.24 Å². The van der Waals surface area contributed by atoms with Crippen LogP contribution in [0, 0.1) is 12.3 Å². The Balaban J connectivity index is 1.95. The summed E-state index contributed by atoms with van der Waals surface area (Å²) in [6.07, 6.45) is 7.36. The monoisotopic (exact) mass is 109 g/mol. The molecule has 0 aliphatic carbocycles. The van der Waals surface area contributed by atoms with Crippen LogP contribution in [-0.2, 0) is 0 Å². The van der Waals surface area contributed by atoms with Gasteiger partial charge in [0.2, 0.25) is 0 Å². The molecule has 44 valence electrons. The third-order valence-electron chi connectivity index (χ3n) is 1.52. The van der Waals surface area contributed by atoms with E-state index in [4.69, 9.17) is 6.42 Å². The van der Waals surface area contributed by atoms with Crippen LogP contribution in [0.2, 0.25) is 0 Å². The molecule has 0 spiro atoms. The van der Waals surface area contributed by atoms with Crippen molar-refractivity contribution >= 4 is 0 Å². The third kappa shape index (κ3) is 1.24. The van der Waals surface area contributed by atoms with Crippen molar-refractivity contribution in [2.75, 3.05) is 19.6 Å². The number of hydrogen-bond donors (Lipinski definition) is 0. The molecule has 0 amide bonds. The van der Waals surface area contributed by atoms with E-state index in [1.54, 1.807) is 0 Å². The zero-order chi connectivity index (χ0) is 5.82. The minimum Gasteiger partial charge on any atom is -0.302 e. The molecule has 1 nitrogen and oxygen atoms in total. The van der Waals surface area contributed by atoms with E-state index in [1.807, 2.05) is 0 Å². The standard InChI is InChI=1S/C7H11N/c1-2-3-5-8-6-4-7-8/h1H,3-7H2. The molecule has 1 aliphatic rings. The van der Waals surface area contributed by atoms with Gasteiger partial charge in [-0.15, -0.1) is 12.3 Å². The molecule has 0 unspecified atom stereocenters. The van der Waals surface area contributed by atoms with E-state index in [1.165, 1.54) is 19.5 Å². The van der Waals surface area contributed by atoms with Gasteiger partial charge in [-0.3, -0.25) is 0 Å². The lowest BCUT2D eigenvalue weighted by Gasteiger charge is -2.29. The molecule has 1 aliphatic heterocycles. The van der Waals surface area contributed by atoms with Crippen LogP contribution in [0.1, 0.15) is 12.8 Å². The molecule has 1 heterocycles. The van der Waals surface area contributed by atoms with Gasteiger partial charge in [-0.05, 0) is 19.5 Å². The number of rotatable bonds is 2. The molecule has 0 aromatic rings. The largest absolute Gasteiger partial charge is 0.302 e. The van der Waals surface area contributed by atoms with Crippen LogP contribution in [-0.4, -0.2) is 24.5 Å². The van der Waals surface area contributed by atoms with Gasteiger partial charge in [0.25, 0.3) is 0 Å². The first-order valence-electron chi connectivity index (χ1n) is 3.09. The summed E-state index contributed by atoms with van der Waals surface area (Å²) in [5, 5.41) is 0. The molecule has 0 bridgehead atoms. The SMILES string of the molecule is C#CCCN1CCC1. The molecular formula is C7H11N. The van der Waals surface area contributed by atoms with Crippen molar-refractivity contribution in [1.82, 2.24) is 4.90 Å². The number of terminal acetylenes is 1. The highest BCUT2D eigenvalue weighted by Gasteiger charge is 2.10. The second-order valence-corrected chi connectivity index (χ2v) is 2.15. The average molecular weight is 109 g/mol. The predicted octanol–water partition coefficient (Wildman–Crippen LogP) is 0.715. The lowest BCUT2D eigenvalue weighted by atomic mass is 10.2. The summed E-state index contributed by atoms with van der Waals surface area (Å²) >= 11 is 0. The molecule has 0 aromatic carbocycles. The summed E-state index contributed by atoms with van der Waals surface area (Å²) in [5.74, 6) is 2.63. The van der Waals surface area contributed by atoms with Crippen molar-refractivity contribution in [2.45, 2.75) is 12.8 Å². The number of likely N-dealkylation sites (tertiary alicyclic amines) is 1. The van der Waals surface area contributed by atoms with Crippen LogP contribution in [0.5, 0.6) is 0 Å². The van der Waals surface area contributed by atoms with E-state index in [0.29, 0.717) is 0 Å². The Hall–Kier alpha value is -0.480. The Kier molecular flexibility index (Phi) is 1.93. The van der Waals surface area contributed by atoms with Crippen LogP contribution in [0.3, 0.4) is 0 Å². The van der Waals surface area contributed by atoms with Crippen LogP contribution >= 0.6 is 0 Å². The van der Waals surface area contributed by atoms with E-state index in [2.05, 4.69) is 10.8 Å². The lowest BCUT2D eigenvalue weighted by molar-refractivity contribution is 0.186. The molecule has 1 saturated heterocycles. The van der Waals surface area contributed by atoms with Crippen molar-refractivity contribution in [3.63, 3.8) is 0 Å². The summed E-state index contributed by atoms with van der Waals surface area (Å²) in [6, 6.07) is 0. The van der Waals surface area contributed by atoms with Crippen molar-refractivity contribution < 1.29 is 0 Å². The first-order chi connectivity index (χ1) is 3.93. The number of hydrogen-bond acceptors (Lipinski definition) is 1. The third-order valence-corrected chi connectivity index (χ3v) is 1.52. The van der Waals surface area contributed by atoms with Crippen molar-refractivity contribution in [1.29, 1.82) is 0 Å². The summed E-state index contributed by atoms with van der Waals surface area (Å²) < 4.78 is 0. The lowest BCUT2D eigenvalue weighted by Crippen LogP contribution is -2.37. The maximum atomic E-state index is 5.08. The van der Waals surface area contributed by atoms with Crippen LogP contribution in [0.25, 0.3) is 0 Å². The Morgan fingerprint density at radius 2 is 2.25 bits per heavy atom. The van der Waals surface area contributed by atoms with Crippen LogP contribution in [0.4, 0.5) is 0 Å². The molecule has 1 fully saturated rings. The fourth-order valence-corrected chi connectivity index (χ4v) is 0.828. The molecule has 0 aromatic heterocycles. The van der Waals surface area contributed by atoms with Crippen molar-refractivity contribution in [3.05, 3.63) is 0 Å². The summed E-state index contributed by atoms with van der Waals surface area (Å²) in [7, 11) is 0. The van der Waals surface area contributed by atoms with E-state index in [0.717, 1.165) is 13.0 Å². The second-order valence-electron chi connectivity index (χ2n) is 2.15. The second kappa shape index (κ2) is 2.74. The molecule has 0 saturated carbocycles. The maximum absolute atomic E-state index is 5.08. The Bertz CT molecular complexity index is 97.4. The fourth-order valence-electron chi connectivity index (χ4n) is 0.828. The maximum Gasteiger partial charge on any atom is 0.0214 e. The Morgan fingerprint density at radius 3 is 2.62 bits per heavy atom. The fraction of sp³-hybridized carbons (Fsp3) is 0.714. The van der Waals surface area contributed by atoms with Gasteiger partial charge in [-0.1, -0.05) is 0 Å². The predicted molar refractivity (Wildman–Crippen MR) is 34.5 cm³/mol. The highest BCUT2D eigenvalue weighted by molar-refractivity contribution is 4.85. The van der Waals surface area contributed by atoms with Gasteiger partial charge < -0.3 is 4.90 Å². The van der Waals surface area contributed by atoms with Gasteiger partial charge in [0.15, 0.2) is 0 Å². The number of nitrogens with zero attached hydrogens (tertiary/aromatic N) is 1. The minimum absolute atomic E-state index is 0.917. The zero-order valence-corrected chi connectivity index (χ0v) is 5.06. The smallest absolute Gasteiger partial charge is 0.0214 e. The molecule has 0 atom stereocenters. The normalized spacial score (nSPS) is 19.4. The highest BCUT2D eigenvalue weighted by atomic mass is 15.2. The first kappa shape index (κ1) is 5.65. The first-order valence-corrected chi connectivity index (χ1v) is 3.09. The van der Waals surface area contributed by atoms with Gasteiger partial charge in [0.05, 0.1) is 0 Å². The van der Waals surface area contributed by atoms with Crippen LogP contribution < -0.4 is 0 Å². The van der Waals surface area contributed by atoms with E-state index >= 15 is 0 Å².